The summed E-state index contributed by atoms with van der Waals surface area (Å²) in [5.74, 6) is 0.783. The second-order valence-corrected chi connectivity index (χ2v) is 7.90. The first kappa shape index (κ1) is 22.4. The van der Waals surface area contributed by atoms with E-state index in [4.69, 9.17) is 10.5 Å². The van der Waals surface area contributed by atoms with Crippen LogP contribution in [0.3, 0.4) is 0 Å². The number of aromatic nitrogens is 1. The van der Waals surface area contributed by atoms with Crippen molar-refractivity contribution in [3.05, 3.63) is 88.2 Å². The monoisotopic (exact) mass is 445 g/mol. The Bertz CT molecular complexity index is 1320. The van der Waals surface area contributed by atoms with E-state index in [2.05, 4.69) is 10.3 Å². The molecule has 0 saturated carbocycles. The number of aliphatic hydroxyl groups is 1. The normalized spacial score (nSPS) is 12.1. The molecule has 0 spiro atoms. The molecule has 1 atom stereocenters. The molecule has 3 aromatic carbocycles. The third kappa shape index (κ3) is 5.00. The van der Waals surface area contributed by atoms with Gasteiger partial charge in [-0.15, -0.1) is 0 Å². The minimum atomic E-state index is -0.797. The number of nitrogens with two attached hydrogens (primary N) is 1. The summed E-state index contributed by atoms with van der Waals surface area (Å²) in [5, 5.41) is 24.5. The Labute approximate surface area is 191 Å². The van der Waals surface area contributed by atoms with Gasteiger partial charge in [-0.2, -0.15) is 0 Å². The second kappa shape index (κ2) is 9.77. The number of hydrogen-bond acceptors (Lipinski definition) is 6. The standard InChI is InChI=1S/C26H27N3O4/c1-33-19-6-4-16(5-7-19)18-3-2-17(22(27)14-18)12-13-28-15-24(31)20-8-10-23(30)26-21(20)9-11-25(32)29-26/h2-11,14,24,28,30-31H,12-13,15,27H2,1H3,(H,29,32). The molecule has 0 bridgehead atoms. The van der Waals surface area contributed by atoms with Gasteiger partial charge < -0.3 is 31.0 Å². The number of H-pyrrole nitrogens is 1. The van der Waals surface area contributed by atoms with Crippen LogP contribution in [0.2, 0.25) is 0 Å². The highest BCUT2D eigenvalue weighted by molar-refractivity contribution is 5.87. The van der Waals surface area contributed by atoms with Gasteiger partial charge in [0.25, 0.3) is 0 Å². The number of ether oxygens (including phenoxy) is 1. The Balaban J connectivity index is 1.36. The van der Waals surface area contributed by atoms with Crippen molar-refractivity contribution >= 4 is 16.6 Å². The van der Waals surface area contributed by atoms with Crippen LogP contribution in [0.1, 0.15) is 17.2 Å². The minimum Gasteiger partial charge on any atom is -0.506 e. The van der Waals surface area contributed by atoms with E-state index in [0.717, 1.165) is 28.1 Å². The van der Waals surface area contributed by atoms with Gasteiger partial charge in [0.2, 0.25) is 5.56 Å². The van der Waals surface area contributed by atoms with Crippen LogP contribution >= 0.6 is 0 Å². The summed E-state index contributed by atoms with van der Waals surface area (Å²) in [5.41, 5.74) is 10.8. The van der Waals surface area contributed by atoms with Gasteiger partial charge in [-0.3, -0.25) is 4.79 Å². The van der Waals surface area contributed by atoms with Crippen molar-refractivity contribution in [3.8, 4) is 22.6 Å². The van der Waals surface area contributed by atoms with E-state index < -0.39 is 6.10 Å². The Morgan fingerprint density at radius 1 is 1.03 bits per heavy atom. The maximum Gasteiger partial charge on any atom is 0.248 e. The van der Waals surface area contributed by atoms with E-state index in [1.165, 1.54) is 12.1 Å². The number of fused-ring (bicyclic) bond motifs is 1. The number of nitrogen functional groups attached to an aromatic ring is 1. The molecule has 0 amide bonds. The zero-order chi connectivity index (χ0) is 23.4. The van der Waals surface area contributed by atoms with E-state index in [0.29, 0.717) is 36.0 Å². The zero-order valence-corrected chi connectivity index (χ0v) is 18.3. The summed E-state index contributed by atoms with van der Waals surface area (Å²) in [7, 11) is 1.64. The first-order chi connectivity index (χ1) is 16.0. The number of aromatic amines is 1. The Hall–Kier alpha value is -3.81. The Kier molecular flexibility index (Phi) is 6.63. The number of benzene rings is 3. The molecule has 0 fully saturated rings. The molecule has 0 aliphatic rings. The van der Waals surface area contributed by atoms with Crippen molar-refractivity contribution in [2.45, 2.75) is 12.5 Å². The predicted octanol–water partition coefficient (Wildman–Crippen LogP) is 3.36. The summed E-state index contributed by atoms with van der Waals surface area (Å²) in [6.45, 7) is 0.957. The molecule has 4 aromatic rings. The number of methoxy groups -OCH3 is 1. The SMILES string of the molecule is COc1ccc(-c2ccc(CCNCC(O)c3ccc(O)c4[nH]c(=O)ccc34)c(N)c2)cc1. The highest BCUT2D eigenvalue weighted by Crippen LogP contribution is 2.29. The number of aromatic hydroxyl groups is 1. The fraction of sp³-hybridized carbons (Fsp3) is 0.192. The molecule has 0 aliphatic carbocycles. The number of phenolic OH excluding ortho intramolecular Hbond substituents is 1. The fourth-order valence-electron chi connectivity index (χ4n) is 3.91. The summed E-state index contributed by atoms with van der Waals surface area (Å²) in [6.07, 6.45) is -0.0840. The lowest BCUT2D eigenvalue weighted by Gasteiger charge is -2.15. The molecule has 1 aromatic heterocycles. The van der Waals surface area contributed by atoms with E-state index >= 15 is 0 Å². The molecule has 0 aliphatic heterocycles. The molecule has 7 nitrogen and oxygen atoms in total. The average Bonchev–Trinajstić information content (AvgIpc) is 2.83. The van der Waals surface area contributed by atoms with E-state index in [1.54, 1.807) is 19.2 Å². The molecule has 1 unspecified atom stereocenters. The Morgan fingerprint density at radius 2 is 1.79 bits per heavy atom. The number of pyridine rings is 1. The van der Waals surface area contributed by atoms with Crippen LogP contribution in [0.15, 0.2) is 71.5 Å². The lowest BCUT2D eigenvalue weighted by molar-refractivity contribution is 0.176. The van der Waals surface area contributed by atoms with Gasteiger partial charge >= 0.3 is 0 Å². The van der Waals surface area contributed by atoms with Crippen LogP contribution in [0, 0.1) is 0 Å². The molecule has 7 heteroatoms. The largest absolute Gasteiger partial charge is 0.506 e. The Morgan fingerprint density at radius 3 is 2.52 bits per heavy atom. The molecular formula is C26H27N3O4. The van der Waals surface area contributed by atoms with Crippen molar-refractivity contribution in [3.63, 3.8) is 0 Å². The molecule has 4 rings (SSSR count). The topological polar surface area (TPSA) is 121 Å². The molecule has 33 heavy (non-hydrogen) atoms. The molecule has 0 radical (unpaired) electrons. The fourth-order valence-corrected chi connectivity index (χ4v) is 3.91. The summed E-state index contributed by atoms with van der Waals surface area (Å²) in [6, 6.07) is 20.0. The quantitative estimate of drug-likeness (QED) is 0.210. The van der Waals surface area contributed by atoms with Gasteiger partial charge in [-0.1, -0.05) is 30.3 Å². The lowest BCUT2D eigenvalue weighted by Crippen LogP contribution is -2.24. The second-order valence-electron chi connectivity index (χ2n) is 7.90. The van der Waals surface area contributed by atoms with Gasteiger partial charge in [0.15, 0.2) is 0 Å². The maximum atomic E-state index is 11.6. The van der Waals surface area contributed by atoms with Crippen LogP contribution in [-0.2, 0) is 6.42 Å². The highest BCUT2D eigenvalue weighted by atomic mass is 16.5. The van der Waals surface area contributed by atoms with Crippen molar-refractivity contribution in [1.82, 2.24) is 10.3 Å². The molecule has 170 valence electrons. The minimum absolute atomic E-state index is 0.0276. The number of nitrogens with one attached hydrogen (secondary N) is 2. The number of phenols is 1. The predicted molar refractivity (Wildman–Crippen MR) is 131 cm³/mol. The molecule has 1 heterocycles. The van der Waals surface area contributed by atoms with Crippen LogP contribution in [0.25, 0.3) is 22.0 Å². The molecule has 0 saturated heterocycles. The number of rotatable bonds is 8. The van der Waals surface area contributed by atoms with Crippen LogP contribution in [-0.4, -0.2) is 35.4 Å². The van der Waals surface area contributed by atoms with Crippen molar-refractivity contribution in [1.29, 1.82) is 0 Å². The average molecular weight is 446 g/mol. The van der Waals surface area contributed by atoms with Gasteiger partial charge in [0.05, 0.1) is 18.7 Å². The summed E-state index contributed by atoms with van der Waals surface area (Å²) < 4.78 is 5.20. The van der Waals surface area contributed by atoms with Crippen molar-refractivity contribution in [2.24, 2.45) is 0 Å². The number of hydrogen-bond donors (Lipinski definition) is 5. The maximum absolute atomic E-state index is 11.6. The van der Waals surface area contributed by atoms with Gasteiger partial charge in [0, 0.05) is 23.7 Å². The lowest BCUT2D eigenvalue weighted by atomic mass is 10.0. The van der Waals surface area contributed by atoms with Gasteiger partial charge in [0.1, 0.15) is 11.5 Å². The molecular weight excluding hydrogens is 418 g/mol. The third-order valence-corrected chi connectivity index (χ3v) is 5.74. The van der Waals surface area contributed by atoms with E-state index in [-0.39, 0.29) is 11.3 Å². The first-order valence-electron chi connectivity index (χ1n) is 10.7. The first-order valence-corrected chi connectivity index (χ1v) is 10.7. The zero-order valence-electron chi connectivity index (χ0n) is 18.3. The van der Waals surface area contributed by atoms with E-state index in [1.807, 2.05) is 42.5 Å². The highest BCUT2D eigenvalue weighted by Gasteiger charge is 2.14. The summed E-state index contributed by atoms with van der Waals surface area (Å²) in [4.78, 5) is 14.2. The smallest absolute Gasteiger partial charge is 0.248 e. The van der Waals surface area contributed by atoms with E-state index in [9.17, 15) is 15.0 Å². The van der Waals surface area contributed by atoms with Crippen LogP contribution in [0.5, 0.6) is 11.5 Å². The van der Waals surface area contributed by atoms with Crippen molar-refractivity contribution < 1.29 is 14.9 Å². The number of anilines is 1. The van der Waals surface area contributed by atoms with Crippen molar-refractivity contribution in [2.75, 3.05) is 25.9 Å². The van der Waals surface area contributed by atoms with Crippen LogP contribution < -0.4 is 21.3 Å². The summed E-state index contributed by atoms with van der Waals surface area (Å²) >= 11 is 0. The van der Waals surface area contributed by atoms with Crippen LogP contribution in [0.4, 0.5) is 5.69 Å². The van der Waals surface area contributed by atoms with Gasteiger partial charge in [-0.25, -0.2) is 0 Å². The third-order valence-electron chi connectivity index (χ3n) is 5.74. The van der Waals surface area contributed by atoms with Gasteiger partial charge in [-0.05, 0) is 65.6 Å². The number of aliphatic hydroxyl groups excluding tert-OH is 1. The molecule has 6 N–H and O–H groups in total.